The second kappa shape index (κ2) is 6.88. The van der Waals surface area contributed by atoms with Crippen molar-refractivity contribution in [1.82, 2.24) is 10.2 Å². The molecule has 1 saturated heterocycles. The van der Waals surface area contributed by atoms with E-state index in [2.05, 4.69) is 24.2 Å². The van der Waals surface area contributed by atoms with Gasteiger partial charge in [-0.15, -0.1) is 0 Å². The molecule has 0 aromatic rings. The first kappa shape index (κ1) is 14.3. The molecule has 1 aliphatic carbocycles. The van der Waals surface area contributed by atoms with Crippen LogP contribution in [0.3, 0.4) is 0 Å². The number of hydrogen-bond donors (Lipinski definition) is 1. The molecule has 1 aliphatic heterocycles. The van der Waals surface area contributed by atoms with Crippen molar-refractivity contribution in [2.24, 2.45) is 5.41 Å². The summed E-state index contributed by atoms with van der Waals surface area (Å²) in [7, 11) is 2.10. The lowest BCUT2D eigenvalue weighted by molar-refractivity contribution is -0.0339. The molecular weight excluding hydrogens is 224 g/mol. The Balaban J connectivity index is 1.98. The van der Waals surface area contributed by atoms with Gasteiger partial charge in [0.1, 0.15) is 0 Å². The lowest BCUT2D eigenvalue weighted by atomic mass is 9.73. The molecule has 1 saturated carbocycles. The number of rotatable bonds is 5. The van der Waals surface area contributed by atoms with Gasteiger partial charge >= 0.3 is 0 Å². The van der Waals surface area contributed by atoms with Gasteiger partial charge in [0.05, 0.1) is 13.2 Å². The largest absolute Gasteiger partial charge is 0.378 e. The summed E-state index contributed by atoms with van der Waals surface area (Å²) in [6.45, 7) is 7.73. The van der Waals surface area contributed by atoms with Crippen LogP contribution in [0.25, 0.3) is 0 Å². The van der Waals surface area contributed by atoms with Crippen molar-refractivity contribution in [2.45, 2.75) is 51.5 Å². The lowest BCUT2D eigenvalue weighted by Gasteiger charge is -2.45. The van der Waals surface area contributed by atoms with E-state index in [0.29, 0.717) is 11.5 Å². The van der Waals surface area contributed by atoms with Gasteiger partial charge in [-0.2, -0.15) is 0 Å². The molecule has 3 nitrogen and oxygen atoms in total. The normalized spacial score (nSPS) is 29.3. The highest BCUT2D eigenvalue weighted by Crippen LogP contribution is 2.37. The molecule has 0 aromatic heterocycles. The van der Waals surface area contributed by atoms with Crippen LogP contribution in [-0.4, -0.2) is 50.8 Å². The van der Waals surface area contributed by atoms with Crippen LogP contribution in [0.2, 0.25) is 0 Å². The van der Waals surface area contributed by atoms with Crippen LogP contribution in [0.5, 0.6) is 0 Å². The molecular formula is C15H30N2O. The highest BCUT2D eigenvalue weighted by Gasteiger charge is 2.35. The fourth-order valence-corrected chi connectivity index (χ4v) is 3.77. The molecule has 0 aromatic carbocycles. The van der Waals surface area contributed by atoms with Gasteiger partial charge in [0.15, 0.2) is 0 Å². The number of hydrogen-bond acceptors (Lipinski definition) is 3. The second-order valence-corrected chi connectivity index (χ2v) is 6.20. The van der Waals surface area contributed by atoms with E-state index in [9.17, 15) is 0 Å². The Bertz CT molecular complexity index is 233. The number of nitrogens with one attached hydrogen (secondary N) is 1. The summed E-state index contributed by atoms with van der Waals surface area (Å²) in [5, 5.41) is 3.44. The van der Waals surface area contributed by atoms with Crippen LogP contribution in [-0.2, 0) is 4.74 Å². The highest BCUT2D eigenvalue weighted by molar-refractivity contribution is 4.89. The Morgan fingerprint density at radius 1 is 1.28 bits per heavy atom. The van der Waals surface area contributed by atoms with Gasteiger partial charge in [-0.1, -0.05) is 26.2 Å². The molecule has 0 spiro atoms. The minimum absolute atomic E-state index is 0.526. The highest BCUT2D eigenvalue weighted by atomic mass is 16.5. The van der Waals surface area contributed by atoms with Crippen molar-refractivity contribution >= 4 is 0 Å². The van der Waals surface area contributed by atoms with Gasteiger partial charge in [-0.3, -0.25) is 4.90 Å². The molecule has 2 aliphatic rings. The van der Waals surface area contributed by atoms with Crippen molar-refractivity contribution in [2.75, 3.05) is 39.9 Å². The summed E-state index contributed by atoms with van der Waals surface area (Å²) in [5.41, 5.74) is 0.526. The van der Waals surface area contributed by atoms with Crippen molar-refractivity contribution in [3.8, 4) is 0 Å². The minimum Gasteiger partial charge on any atom is -0.378 e. The zero-order chi connectivity index (χ0) is 12.8. The first-order valence-electron chi connectivity index (χ1n) is 7.76. The monoisotopic (exact) mass is 254 g/mol. The predicted octanol–water partition coefficient (Wildman–Crippen LogP) is 2.27. The summed E-state index contributed by atoms with van der Waals surface area (Å²) >= 11 is 0. The number of ether oxygens (including phenoxy) is 1. The molecule has 18 heavy (non-hydrogen) atoms. The number of morpholine rings is 1. The van der Waals surface area contributed by atoms with Crippen LogP contribution in [0.4, 0.5) is 0 Å². The third-order valence-electron chi connectivity index (χ3n) is 4.83. The lowest BCUT2D eigenvalue weighted by Crippen LogP contribution is -2.52. The van der Waals surface area contributed by atoms with Crippen molar-refractivity contribution in [1.29, 1.82) is 0 Å². The van der Waals surface area contributed by atoms with Gasteiger partial charge in [0, 0.05) is 25.7 Å². The average Bonchev–Trinajstić information content (AvgIpc) is 2.40. The van der Waals surface area contributed by atoms with E-state index in [-0.39, 0.29) is 0 Å². The van der Waals surface area contributed by atoms with Crippen molar-refractivity contribution < 1.29 is 4.74 Å². The predicted molar refractivity (Wildman–Crippen MR) is 75.9 cm³/mol. The van der Waals surface area contributed by atoms with Gasteiger partial charge in [0.25, 0.3) is 0 Å². The second-order valence-electron chi connectivity index (χ2n) is 6.20. The van der Waals surface area contributed by atoms with Gasteiger partial charge in [0.2, 0.25) is 0 Å². The minimum atomic E-state index is 0.526. The zero-order valence-electron chi connectivity index (χ0n) is 12.2. The Labute approximate surface area is 112 Å². The summed E-state index contributed by atoms with van der Waals surface area (Å²) in [6, 6.07) is 0.648. The maximum absolute atomic E-state index is 5.63. The van der Waals surface area contributed by atoms with E-state index in [1.807, 2.05) is 0 Å². The Morgan fingerprint density at radius 3 is 2.72 bits per heavy atom. The molecule has 1 N–H and O–H groups in total. The zero-order valence-corrected chi connectivity index (χ0v) is 12.2. The molecule has 0 radical (unpaired) electrons. The third kappa shape index (κ3) is 3.46. The number of nitrogens with zero attached hydrogens (tertiary/aromatic N) is 1. The molecule has 0 bridgehead atoms. The maximum atomic E-state index is 5.63. The van der Waals surface area contributed by atoms with Crippen molar-refractivity contribution in [3.05, 3.63) is 0 Å². The molecule has 3 heteroatoms. The maximum Gasteiger partial charge on any atom is 0.0622 e. The van der Waals surface area contributed by atoms with Crippen molar-refractivity contribution in [3.63, 3.8) is 0 Å². The molecule has 1 atom stereocenters. The van der Waals surface area contributed by atoms with E-state index in [0.717, 1.165) is 19.8 Å². The smallest absolute Gasteiger partial charge is 0.0622 e. The summed E-state index contributed by atoms with van der Waals surface area (Å²) in [4.78, 5) is 2.70. The summed E-state index contributed by atoms with van der Waals surface area (Å²) < 4.78 is 5.63. The molecule has 1 unspecified atom stereocenters. The van der Waals surface area contributed by atoms with Gasteiger partial charge in [-0.25, -0.2) is 0 Å². The van der Waals surface area contributed by atoms with Gasteiger partial charge < -0.3 is 10.1 Å². The van der Waals surface area contributed by atoms with E-state index in [1.165, 1.54) is 51.6 Å². The quantitative estimate of drug-likeness (QED) is 0.814. The molecule has 1 heterocycles. The standard InChI is InChI=1S/C15H30N2O/c1-3-14-11-18-10-9-17(14)13-15(12-16-2)7-5-4-6-8-15/h14,16H,3-13H2,1-2H3. The van der Waals surface area contributed by atoms with E-state index in [1.54, 1.807) is 0 Å². The molecule has 2 rings (SSSR count). The van der Waals surface area contributed by atoms with Crippen LogP contribution in [0, 0.1) is 5.41 Å². The fourth-order valence-electron chi connectivity index (χ4n) is 3.77. The first-order chi connectivity index (χ1) is 8.79. The van der Waals surface area contributed by atoms with Crippen LogP contribution >= 0.6 is 0 Å². The van der Waals surface area contributed by atoms with E-state index >= 15 is 0 Å². The van der Waals surface area contributed by atoms with E-state index in [4.69, 9.17) is 4.74 Å². The van der Waals surface area contributed by atoms with Crippen LogP contribution < -0.4 is 5.32 Å². The first-order valence-corrected chi connectivity index (χ1v) is 7.76. The average molecular weight is 254 g/mol. The summed E-state index contributed by atoms with van der Waals surface area (Å²) in [5.74, 6) is 0. The van der Waals surface area contributed by atoms with Gasteiger partial charge in [-0.05, 0) is 31.7 Å². The Kier molecular flexibility index (Phi) is 5.46. The molecule has 0 amide bonds. The van der Waals surface area contributed by atoms with Crippen LogP contribution in [0.1, 0.15) is 45.4 Å². The topological polar surface area (TPSA) is 24.5 Å². The third-order valence-corrected chi connectivity index (χ3v) is 4.83. The Morgan fingerprint density at radius 2 is 2.06 bits per heavy atom. The SMILES string of the molecule is CCC1COCCN1CC1(CNC)CCCCC1. The molecule has 2 fully saturated rings. The fraction of sp³-hybridized carbons (Fsp3) is 1.00. The summed E-state index contributed by atoms with van der Waals surface area (Å²) in [6.07, 6.45) is 8.30. The Hall–Kier alpha value is -0.120. The van der Waals surface area contributed by atoms with E-state index < -0.39 is 0 Å². The van der Waals surface area contributed by atoms with Crippen LogP contribution in [0.15, 0.2) is 0 Å². The molecule has 106 valence electrons.